The molecular weight excluding hydrogens is 403 g/mol. The lowest BCUT2D eigenvalue weighted by atomic mass is 10.1. The molecule has 11 heteroatoms. The van der Waals surface area contributed by atoms with E-state index in [1.165, 1.54) is 10.4 Å². The molecule has 0 radical (unpaired) electrons. The number of carbonyl (C=O) groups is 1. The van der Waals surface area contributed by atoms with Crippen molar-refractivity contribution in [1.82, 2.24) is 19.8 Å². The van der Waals surface area contributed by atoms with Crippen LogP contribution >= 0.6 is 0 Å². The van der Waals surface area contributed by atoms with Crippen LogP contribution in [-0.4, -0.2) is 67.4 Å². The van der Waals surface area contributed by atoms with Crippen LogP contribution in [-0.2, 0) is 26.0 Å². The number of sulfonamides is 1. The second-order valence-corrected chi connectivity index (χ2v) is 8.74. The third-order valence-electron chi connectivity index (χ3n) is 4.51. The number of aryl methyl sites for hydroxylation is 2. The van der Waals surface area contributed by atoms with Gasteiger partial charge in [0.2, 0.25) is 27.6 Å². The predicted octanol–water partition coefficient (Wildman–Crippen LogP) is 0.895. The van der Waals surface area contributed by atoms with Gasteiger partial charge in [0.25, 0.3) is 0 Å². The van der Waals surface area contributed by atoms with Crippen LogP contribution in [0.25, 0.3) is 11.4 Å². The predicted molar refractivity (Wildman–Crippen MR) is 102 cm³/mol. The Labute approximate surface area is 168 Å². The molecule has 2 aromatic rings. The molecule has 1 aliphatic rings. The lowest BCUT2D eigenvalue weighted by Gasteiger charge is -2.26. The number of rotatable bonds is 8. The highest BCUT2D eigenvalue weighted by Gasteiger charge is 2.24. The molecule has 0 unspecified atom stereocenters. The first-order chi connectivity index (χ1) is 13.8. The van der Waals surface area contributed by atoms with E-state index in [0.29, 0.717) is 37.4 Å². The van der Waals surface area contributed by atoms with E-state index in [9.17, 15) is 17.6 Å². The molecule has 2 heterocycles. The minimum atomic E-state index is -3.41. The van der Waals surface area contributed by atoms with Gasteiger partial charge >= 0.3 is 0 Å². The van der Waals surface area contributed by atoms with E-state index in [1.54, 1.807) is 19.1 Å². The number of amides is 1. The van der Waals surface area contributed by atoms with Crippen molar-refractivity contribution in [2.75, 3.05) is 38.6 Å². The van der Waals surface area contributed by atoms with Gasteiger partial charge in [0.1, 0.15) is 5.82 Å². The fraction of sp³-hybridized carbons (Fsp3) is 0.500. The van der Waals surface area contributed by atoms with Crippen LogP contribution in [0.2, 0.25) is 0 Å². The first-order valence-electron chi connectivity index (χ1n) is 9.26. The Hall–Kier alpha value is -2.37. The van der Waals surface area contributed by atoms with Crippen LogP contribution in [0.3, 0.4) is 0 Å². The number of hydrogen-bond acceptors (Lipinski definition) is 7. The van der Waals surface area contributed by atoms with Gasteiger partial charge in [-0.2, -0.15) is 9.29 Å². The number of aromatic nitrogens is 2. The van der Waals surface area contributed by atoms with Gasteiger partial charge in [-0.05, 0) is 18.6 Å². The van der Waals surface area contributed by atoms with Gasteiger partial charge in [-0.15, -0.1) is 0 Å². The molecule has 1 saturated heterocycles. The average Bonchev–Trinajstić information content (AvgIpc) is 3.18. The van der Waals surface area contributed by atoms with Gasteiger partial charge in [0.05, 0.1) is 19.0 Å². The number of morpholine rings is 1. The van der Waals surface area contributed by atoms with Crippen molar-refractivity contribution < 1.29 is 26.9 Å². The number of halogens is 1. The molecule has 0 aliphatic carbocycles. The summed E-state index contributed by atoms with van der Waals surface area (Å²) in [6.07, 6.45) is 0.269. The molecule has 1 aliphatic heterocycles. The Morgan fingerprint density at radius 2 is 2.07 bits per heavy atom. The molecule has 9 nitrogen and oxygen atoms in total. The maximum Gasteiger partial charge on any atom is 0.227 e. The number of hydrogen-bond donors (Lipinski definition) is 1. The SMILES string of the molecule is Cc1ccc(-c2noc(CCC(=O)NCCS(=O)(=O)N3CCOCC3)n2)cc1F. The van der Waals surface area contributed by atoms with E-state index in [4.69, 9.17) is 9.26 Å². The summed E-state index contributed by atoms with van der Waals surface area (Å²) in [4.78, 5) is 16.1. The molecular formula is C18H23FN4O5S. The highest BCUT2D eigenvalue weighted by atomic mass is 32.2. The van der Waals surface area contributed by atoms with E-state index >= 15 is 0 Å². The minimum absolute atomic E-state index is 0.0241. The number of benzene rings is 1. The van der Waals surface area contributed by atoms with Gasteiger partial charge in [-0.25, -0.2) is 12.8 Å². The van der Waals surface area contributed by atoms with Crippen LogP contribution in [0.4, 0.5) is 4.39 Å². The van der Waals surface area contributed by atoms with Crippen molar-refractivity contribution in [1.29, 1.82) is 0 Å². The summed E-state index contributed by atoms with van der Waals surface area (Å²) in [6.45, 7) is 3.11. The van der Waals surface area contributed by atoms with Gasteiger partial charge in [-0.1, -0.05) is 17.3 Å². The third-order valence-corrected chi connectivity index (χ3v) is 6.38. The molecule has 1 amide bonds. The van der Waals surface area contributed by atoms with Crippen LogP contribution in [0.1, 0.15) is 17.9 Å². The van der Waals surface area contributed by atoms with Crippen LogP contribution < -0.4 is 5.32 Å². The molecule has 0 bridgehead atoms. The molecule has 1 aromatic heterocycles. The summed E-state index contributed by atoms with van der Waals surface area (Å²) in [6, 6.07) is 4.64. The molecule has 0 atom stereocenters. The Morgan fingerprint density at radius 1 is 1.31 bits per heavy atom. The molecule has 158 valence electrons. The van der Waals surface area contributed by atoms with Gasteiger partial charge in [0.15, 0.2) is 0 Å². The van der Waals surface area contributed by atoms with Crippen molar-refractivity contribution in [2.24, 2.45) is 0 Å². The van der Waals surface area contributed by atoms with Gasteiger partial charge < -0.3 is 14.6 Å². The highest BCUT2D eigenvalue weighted by molar-refractivity contribution is 7.89. The summed E-state index contributed by atoms with van der Waals surface area (Å²) in [5.41, 5.74) is 1.01. The second kappa shape index (κ2) is 9.42. The van der Waals surface area contributed by atoms with Crippen molar-refractivity contribution in [2.45, 2.75) is 19.8 Å². The quantitative estimate of drug-likeness (QED) is 0.667. The number of nitrogens with zero attached hydrogens (tertiary/aromatic N) is 3. The highest BCUT2D eigenvalue weighted by Crippen LogP contribution is 2.19. The van der Waals surface area contributed by atoms with Crippen LogP contribution in [0, 0.1) is 12.7 Å². The standard InChI is InChI=1S/C18H23FN4O5S/c1-13-2-3-14(12-15(13)19)18-21-17(28-22-18)5-4-16(24)20-6-11-29(25,26)23-7-9-27-10-8-23/h2-3,12H,4-11H2,1H3,(H,20,24). The van der Waals surface area contributed by atoms with E-state index < -0.39 is 10.0 Å². The first-order valence-corrected chi connectivity index (χ1v) is 10.9. The molecule has 29 heavy (non-hydrogen) atoms. The van der Waals surface area contributed by atoms with Crippen molar-refractivity contribution in [3.05, 3.63) is 35.5 Å². The summed E-state index contributed by atoms with van der Waals surface area (Å²) in [7, 11) is -3.41. The zero-order valence-corrected chi connectivity index (χ0v) is 16.9. The topological polar surface area (TPSA) is 115 Å². The molecule has 0 saturated carbocycles. The second-order valence-electron chi connectivity index (χ2n) is 6.65. The Bertz CT molecular complexity index is 957. The van der Waals surface area contributed by atoms with E-state index in [1.807, 2.05) is 0 Å². The minimum Gasteiger partial charge on any atom is -0.379 e. The summed E-state index contributed by atoms with van der Waals surface area (Å²) in [5, 5.41) is 6.39. The number of carbonyl (C=O) groups excluding carboxylic acids is 1. The molecule has 1 N–H and O–H groups in total. The molecule has 3 rings (SSSR count). The lowest BCUT2D eigenvalue weighted by molar-refractivity contribution is -0.121. The zero-order valence-electron chi connectivity index (χ0n) is 16.1. The Kier molecular flexibility index (Phi) is 6.93. The smallest absolute Gasteiger partial charge is 0.227 e. The van der Waals surface area contributed by atoms with Crippen molar-refractivity contribution in [3.63, 3.8) is 0 Å². The Morgan fingerprint density at radius 3 is 2.79 bits per heavy atom. The fourth-order valence-electron chi connectivity index (χ4n) is 2.79. The maximum atomic E-state index is 13.7. The fourth-order valence-corrected chi connectivity index (χ4v) is 4.11. The molecule has 1 aromatic carbocycles. The molecule has 1 fully saturated rings. The number of nitrogens with one attached hydrogen (secondary N) is 1. The van der Waals surface area contributed by atoms with Crippen molar-refractivity contribution in [3.8, 4) is 11.4 Å². The lowest BCUT2D eigenvalue weighted by Crippen LogP contribution is -2.43. The van der Waals surface area contributed by atoms with Gasteiger partial charge in [0, 0.05) is 38.0 Å². The monoisotopic (exact) mass is 426 g/mol. The average molecular weight is 426 g/mol. The normalized spacial score (nSPS) is 15.4. The number of ether oxygens (including phenoxy) is 1. The van der Waals surface area contributed by atoms with E-state index in [0.717, 1.165) is 0 Å². The first kappa shape index (κ1) is 21.3. The maximum absolute atomic E-state index is 13.7. The Balaban J connectivity index is 1.44. The van der Waals surface area contributed by atoms with Crippen LogP contribution in [0.5, 0.6) is 0 Å². The van der Waals surface area contributed by atoms with Gasteiger partial charge in [-0.3, -0.25) is 4.79 Å². The summed E-state index contributed by atoms with van der Waals surface area (Å²) in [5.74, 6) is -0.348. The summed E-state index contributed by atoms with van der Waals surface area (Å²) < 4.78 is 49.6. The van der Waals surface area contributed by atoms with Crippen LogP contribution in [0.15, 0.2) is 22.7 Å². The largest absolute Gasteiger partial charge is 0.379 e. The van der Waals surface area contributed by atoms with Crippen molar-refractivity contribution >= 4 is 15.9 Å². The van der Waals surface area contributed by atoms with E-state index in [2.05, 4.69) is 15.5 Å². The van der Waals surface area contributed by atoms with E-state index in [-0.39, 0.29) is 48.6 Å². The zero-order chi connectivity index (χ0) is 20.9. The summed E-state index contributed by atoms with van der Waals surface area (Å²) >= 11 is 0. The third kappa shape index (κ3) is 5.81. The molecule has 0 spiro atoms.